The molecule has 116 valence electrons. The molecule has 1 aromatic rings. The fraction of sp³-hybridized carbons (Fsp3) is 0.533. The van der Waals surface area contributed by atoms with Crippen LogP contribution in [0.15, 0.2) is 22.7 Å². The van der Waals surface area contributed by atoms with Crippen LogP contribution in [-0.4, -0.2) is 60.1 Å². The zero-order chi connectivity index (χ0) is 15.4. The number of benzene rings is 1. The summed E-state index contributed by atoms with van der Waals surface area (Å²) in [4.78, 5) is 16.8. The first-order valence-electron chi connectivity index (χ1n) is 7.08. The van der Waals surface area contributed by atoms with Crippen LogP contribution < -0.4 is 0 Å². The highest BCUT2D eigenvalue weighted by molar-refractivity contribution is 9.10. The number of halogens is 2. The number of aliphatic hydroxyl groups is 1. The fourth-order valence-electron chi connectivity index (χ4n) is 2.68. The summed E-state index contributed by atoms with van der Waals surface area (Å²) in [6.45, 7) is 2.29. The summed E-state index contributed by atoms with van der Waals surface area (Å²) in [6.07, 6.45) is 1.88. The van der Waals surface area contributed by atoms with Crippen molar-refractivity contribution in [1.82, 2.24) is 9.80 Å². The molecule has 1 saturated heterocycles. The molecule has 1 aliphatic rings. The molecule has 0 aliphatic carbocycles. The molecule has 1 fully saturated rings. The molecular weight excluding hydrogens is 356 g/mol. The maximum Gasteiger partial charge on any atom is 0.255 e. The van der Waals surface area contributed by atoms with Gasteiger partial charge in [0.2, 0.25) is 0 Å². The molecule has 0 spiro atoms. The summed E-state index contributed by atoms with van der Waals surface area (Å²) < 4.78 is 0.691. The molecule has 0 unspecified atom stereocenters. The Kier molecular flexibility index (Phi) is 6.05. The first-order chi connectivity index (χ1) is 10.0. The van der Waals surface area contributed by atoms with Crippen LogP contribution >= 0.6 is 27.5 Å². The lowest BCUT2D eigenvalue weighted by atomic mass is 10.0. The predicted octanol–water partition coefficient (Wildman–Crippen LogP) is 2.63. The third kappa shape index (κ3) is 4.19. The van der Waals surface area contributed by atoms with E-state index >= 15 is 0 Å². The third-order valence-corrected chi connectivity index (χ3v) is 4.78. The van der Waals surface area contributed by atoms with Crippen LogP contribution in [0.5, 0.6) is 0 Å². The van der Waals surface area contributed by atoms with Crippen molar-refractivity contribution in [3.8, 4) is 0 Å². The lowest BCUT2D eigenvalue weighted by molar-refractivity contribution is 0.0539. The van der Waals surface area contributed by atoms with Gasteiger partial charge in [-0.15, -0.1) is 0 Å². The van der Waals surface area contributed by atoms with Gasteiger partial charge < -0.3 is 14.9 Å². The average molecular weight is 376 g/mol. The molecule has 1 heterocycles. The van der Waals surface area contributed by atoms with Crippen molar-refractivity contribution in [3.05, 3.63) is 33.3 Å². The van der Waals surface area contributed by atoms with Gasteiger partial charge in [-0.2, -0.15) is 0 Å². The van der Waals surface area contributed by atoms with E-state index in [2.05, 4.69) is 27.9 Å². The monoisotopic (exact) mass is 374 g/mol. The zero-order valence-corrected chi connectivity index (χ0v) is 14.4. The van der Waals surface area contributed by atoms with Gasteiger partial charge >= 0.3 is 0 Å². The van der Waals surface area contributed by atoms with Gasteiger partial charge in [-0.05, 0) is 67.1 Å². The molecule has 6 heteroatoms. The molecule has 4 nitrogen and oxygen atoms in total. The Bertz CT molecular complexity index is 504. The number of likely N-dealkylation sites (tertiary alicyclic amines) is 1. The number of piperidine rings is 1. The highest BCUT2D eigenvalue weighted by Crippen LogP contribution is 2.25. The topological polar surface area (TPSA) is 43.8 Å². The van der Waals surface area contributed by atoms with Crippen molar-refractivity contribution >= 4 is 33.4 Å². The number of carbonyl (C=O) groups is 1. The standard InChI is InChI=1S/C15H20BrClN2O2/c1-18-6-4-12(5-7-18)19(8-9-20)15(21)13-3-2-11(17)10-14(13)16/h2-3,10,12,20H,4-9H2,1H3. The third-order valence-electron chi connectivity index (χ3n) is 3.89. The van der Waals surface area contributed by atoms with Crippen LogP contribution in [-0.2, 0) is 0 Å². The van der Waals surface area contributed by atoms with Crippen molar-refractivity contribution in [2.75, 3.05) is 33.3 Å². The predicted molar refractivity (Wildman–Crippen MR) is 87.8 cm³/mol. The van der Waals surface area contributed by atoms with E-state index in [0.29, 0.717) is 21.6 Å². The number of amides is 1. The minimum Gasteiger partial charge on any atom is -0.395 e. The molecule has 2 rings (SSSR count). The number of nitrogens with zero attached hydrogens (tertiary/aromatic N) is 2. The number of rotatable bonds is 4. The van der Waals surface area contributed by atoms with E-state index in [4.69, 9.17) is 11.6 Å². The van der Waals surface area contributed by atoms with Crippen LogP contribution in [0.3, 0.4) is 0 Å². The van der Waals surface area contributed by atoms with Gasteiger partial charge in [-0.3, -0.25) is 4.79 Å². The van der Waals surface area contributed by atoms with Crippen molar-refractivity contribution < 1.29 is 9.90 Å². The van der Waals surface area contributed by atoms with Gasteiger partial charge in [0.1, 0.15) is 0 Å². The summed E-state index contributed by atoms with van der Waals surface area (Å²) in [6, 6.07) is 5.35. The van der Waals surface area contributed by atoms with E-state index < -0.39 is 0 Å². The minimum absolute atomic E-state index is 0.0245. The van der Waals surface area contributed by atoms with Crippen molar-refractivity contribution in [1.29, 1.82) is 0 Å². The lowest BCUT2D eigenvalue weighted by Crippen LogP contribution is -2.47. The number of carbonyl (C=O) groups excluding carboxylic acids is 1. The fourth-order valence-corrected chi connectivity index (χ4v) is 3.53. The van der Waals surface area contributed by atoms with Gasteiger partial charge in [0.05, 0.1) is 12.2 Å². The Labute approximate surface area is 138 Å². The molecule has 0 bridgehead atoms. The highest BCUT2D eigenvalue weighted by atomic mass is 79.9. The maximum atomic E-state index is 12.8. The molecule has 1 N–H and O–H groups in total. The number of hydrogen-bond donors (Lipinski definition) is 1. The molecule has 1 aliphatic heterocycles. The van der Waals surface area contributed by atoms with Crippen LogP contribution in [0.1, 0.15) is 23.2 Å². The van der Waals surface area contributed by atoms with Gasteiger partial charge in [0, 0.05) is 22.1 Å². The summed E-state index contributed by atoms with van der Waals surface area (Å²) in [5.41, 5.74) is 0.590. The second kappa shape index (κ2) is 7.58. The van der Waals surface area contributed by atoms with Gasteiger partial charge in [0.25, 0.3) is 5.91 Å². The van der Waals surface area contributed by atoms with E-state index in [0.717, 1.165) is 25.9 Å². The Balaban J connectivity index is 2.18. The quantitative estimate of drug-likeness (QED) is 0.880. The molecule has 0 saturated carbocycles. The molecular formula is C15H20BrClN2O2. The summed E-state index contributed by atoms with van der Waals surface area (Å²) >= 11 is 9.32. The Hall–Kier alpha value is -0.620. The highest BCUT2D eigenvalue weighted by Gasteiger charge is 2.28. The normalized spacial score (nSPS) is 17.0. The lowest BCUT2D eigenvalue weighted by Gasteiger charge is -2.37. The molecule has 1 amide bonds. The largest absolute Gasteiger partial charge is 0.395 e. The number of aliphatic hydroxyl groups excluding tert-OH is 1. The van der Waals surface area contributed by atoms with Crippen LogP contribution in [0, 0.1) is 0 Å². The van der Waals surface area contributed by atoms with Crippen LogP contribution in [0.25, 0.3) is 0 Å². The van der Waals surface area contributed by atoms with E-state index in [-0.39, 0.29) is 18.6 Å². The van der Waals surface area contributed by atoms with E-state index in [9.17, 15) is 9.90 Å². The van der Waals surface area contributed by atoms with Crippen LogP contribution in [0.2, 0.25) is 5.02 Å². The second-order valence-corrected chi connectivity index (χ2v) is 6.67. The van der Waals surface area contributed by atoms with Crippen molar-refractivity contribution in [2.45, 2.75) is 18.9 Å². The van der Waals surface area contributed by atoms with E-state index in [1.807, 2.05) is 0 Å². The average Bonchev–Trinajstić information content (AvgIpc) is 2.45. The molecule has 21 heavy (non-hydrogen) atoms. The minimum atomic E-state index is -0.0536. The molecule has 1 aromatic carbocycles. The summed E-state index contributed by atoms with van der Waals surface area (Å²) in [5, 5.41) is 9.88. The summed E-state index contributed by atoms with van der Waals surface area (Å²) in [5.74, 6) is -0.0536. The Morgan fingerprint density at radius 3 is 2.71 bits per heavy atom. The Morgan fingerprint density at radius 2 is 2.14 bits per heavy atom. The Morgan fingerprint density at radius 1 is 1.48 bits per heavy atom. The van der Waals surface area contributed by atoms with E-state index in [1.165, 1.54) is 0 Å². The molecule has 0 atom stereocenters. The smallest absolute Gasteiger partial charge is 0.255 e. The van der Waals surface area contributed by atoms with Gasteiger partial charge in [0.15, 0.2) is 0 Å². The zero-order valence-electron chi connectivity index (χ0n) is 12.1. The molecule has 0 radical (unpaired) electrons. The van der Waals surface area contributed by atoms with Gasteiger partial charge in [-0.25, -0.2) is 0 Å². The first kappa shape index (κ1) is 16.7. The maximum absolute atomic E-state index is 12.8. The first-order valence-corrected chi connectivity index (χ1v) is 8.25. The SMILES string of the molecule is CN1CCC(N(CCO)C(=O)c2ccc(Cl)cc2Br)CC1. The number of hydrogen-bond acceptors (Lipinski definition) is 3. The summed E-state index contributed by atoms with van der Waals surface area (Å²) in [7, 11) is 2.09. The molecule has 0 aromatic heterocycles. The second-order valence-electron chi connectivity index (χ2n) is 5.38. The van der Waals surface area contributed by atoms with Crippen LogP contribution in [0.4, 0.5) is 0 Å². The van der Waals surface area contributed by atoms with E-state index in [1.54, 1.807) is 23.1 Å². The van der Waals surface area contributed by atoms with Crippen molar-refractivity contribution in [2.24, 2.45) is 0 Å². The van der Waals surface area contributed by atoms with Crippen molar-refractivity contribution in [3.63, 3.8) is 0 Å². The van der Waals surface area contributed by atoms with Gasteiger partial charge in [-0.1, -0.05) is 11.6 Å².